The molecule has 2 atom stereocenters. The van der Waals surface area contributed by atoms with E-state index in [9.17, 15) is 0 Å². The third-order valence-corrected chi connectivity index (χ3v) is 4.45. The minimum atomic E-state index is 0.176. The highest BCUT2D eigenvalue weighted by molar-refractivity contribution is 4.97. The molecule has 1 saturated carbocycles. The Morgan fingerprint density at radius 1 is 1.31 bits per heavy atom. The summed E-state index contributed by atoms with van der Waals surface area (Å²) in [5.41, 5.74) is 9.91. The smallest absolute Gasteiger partial charge is 0.0473 e. The first-order valence-corrected chi connectivity index (χ1v) is 6.58. The van der Waals surface area contributed by atoms with Gasteiger partial charge in [-0.3, -0.25) is 0 Å². The molecule has 3 N–H and O–H groups in total. The first-order chi connectivity index (χ1) is 7.66. The maximum Gasteiger partial charge on any atom is 0.0473 e. The SMILES string of the molecule is CC1CCCC1(CN)NN1CCN(C)CC1. The molecule has 4 heteroatoms. The Labute approximate surface area is 99.1 Å². The predicted molar refractivity (Wildman–Crippen MR) is 67.0 cm³/mol. The highest BCUT2D eigenvalue weighted by Gasteiger charge is 2.40. The van der Waals surface area contributed by atoms with Crippen molar-refractivity contribution >= 4 is 0 Å². The van der Waals surface area contributed by atoms with Crippen molar-refractivity contribution in [2.24, 2.45) is 11.7 Å². The van der Waals surface area contributed by atoms with Gasteiger partial charge in [0.1, 0.15) is 0 Å². The van der Waals surface area contributed by atoms with Crippen molar-refractivity contribution in [3.8, 4) is 0 Å². The third kappa shape index (κ3) is 2.40. The number of nitrogens with one attached hydrogen (secondary N) is 1. The first kappa shape index (κ1) is 12.3. The van der Waals surface area contributed by atoms with Crippen LogP contribution in [-0.4, -0.2) is 55.2 Å². The van der Waals surface area contributed by atoms with Gasteiger partial charge in [0.15, 0.2) is 0 Å². The minimum Gasteiger partial charge on any atom is -0.329 e. The van der Waals surface area contributed by atoms with E-state index in [2.05, 4.69) is 29.3 Å². The van der Waals surface area contributed by atoms with E-state index >= 15 is 0 Å². The van der Waals surface area contributed by atoms with Crippen molar-refractivity contribution in [2.45, 2.75) is 31.7 Å². The molecule has 0 aromatic carbocycles. The molecule has 0 aromatic heterocycles. The normalized spacial score (nSPS) is 38.1. The van der Waals surface area contributed by atoms with Crippen molar-refractivity contribution < 1.29 is 0 Å². The van der Waals surface area contributed by atoms with E-state index < -0.39 is 0 Å². The fraction of sp³-hybridized carbons (Fsp3) is 1.00. The monoisotopic (exact) mass is 226 g/mol. The molecule has 94 valence electrons. The number of rotatable bonds is 3. The van der Waals surface area contributed by atoms with Crippen LogP contribution in [-0.2, 0) is 0 Å². The molecule has 0 radical (unpaired) electrons. The zero-order valence-corrected chi connectivity index (χ0v) is 10.7. The van der Waals surface area contributed by atoms with Gasteiger partial charge in [-0.25, -0.2) is 10.4 Å². The molecule has 1 saturated heterocycles. The van der Waals surface area contributed by atoms with Crippen LogP contribution in [0.2, 0.25) is 0 Å². The molecule has 0 bridgehead atoms. The summed E-state index contributed by atoms with van der Waals surface area (Å²) in [4.78, 5) is 2.38. The van der Waals surface area contributed by atoms with Gasteiger partial charge in [-0.15, -0.1) is 0 Å². The second-order valence-electron chi connectivity index (χ2n) is 5.56. The summed E-state index contributed by atoms with van der Waals surface area (Å²) < 4.78 is 0. The van der Waals surface area contributed by atoms with Crippen LogP contribution in [0.3, 0.4) is 0 Å². The van der Waals surface area contributed by atoms with Crippen LogP contribution >= 0.6 is 0 Å². The molecule has 16 heavy (non-hydrogen) atoms. The summed E-state index contributed by atoms with van der Waals surface area (Å²) in [6.07, 6.45) is 3.87. The van der Waals surface area contributed by atoms with Crippen molar-refractivity contribution in [3.05, 3.63) is 0 Å². The number of piperazine rings is 1. The van der Waals surface area contributed by atoms with Gasteiger partial charge >= 0.3 is 0 Å². The molecule has 0 amide bonds. The number of nitrogens with two attached hydrogens (primary N) is 1. The fourth-order valence-electron chi connectivity index (χ4n) is 2.99. The molecule has 2 fully saturated rings. The van der Waals surface area contributed by atoms with E-state index in [-0.39, 0.29) is 5.54 Å². The second-order valence-corrected chi connectivity index (χ2v) is 5.56. The summed E-state index contributed by atoms with van der Waals surface area (Å²) in [5.74, 6) is 0.706. The van der Waals surface area contributed by atoms with Crippen LogP contribution in [0.25, 0.3) is 0 Å². The average molecular weight is 226 g/mol. The van der Waals surface area contributed by atoms with Crippen LogP contribution in [0.15, 0.2) is 0 Å². The molecule has 4 nitrogen and oxygen atoms in total. The Hall–Kier alpha value is -0.160. The topological polar surface area (TPSA) is 44.5 Å². The van der Waals surface area contributed by atoms with Gasteiger partial charge in [-0.1, -0.05) is 13.3 Å². The lowest BCUT2D eigenvalue weighted by Gasteiger charge is -2.42. The quantitative estimate of drug-likeness (QED) is 0.724. The van der Waals surface area contributed by atoms with E-state index in [4.69, 9.17) is 5.73 Å². The van der Waals surface area contributed by atoms with Gasteiger partial charge < -0.3 is 10.6 Å². The molecule has 0 spiro atoms. The van der Waals surface area contributed by atoms with Gasteiger partial charge in [0.2, 0.25) is 0 Å². The second kappa shape index (κ2) is 5.00. The first-order valence-electron chi connectivity index (χ1n) is 6.58. The molecule has 1 heterocycles. The van der Waals surface area contributed by atoms with E-state index in [1.54, 1.807) is 0 Å². The standard InChI is InChI=1S/C12H26N4/c1-11-4-3-5-12(11,10-13)14-16-8-6-15(2)7-9-16/h11,14H,3-10,13H2,1-2H3. The Morgan fingerprint density at radius 3 is 2.50 bits per heavy atom. The van der Waals surface area contributed by atoms with Gasteiger partial charge in [-0.2, -0.15) is 0 Å². The number of likely N-dealkylation sites (N-methyl/N-ethyl adjacent to an activating group) is 1. The van der Waals surface area contributed by atoms with E-state index in [0.29, 0.717) is 5.92 Å². The summed E-state index contributed by atoms with van der Waals surface area (Å²) in [7, 11) is 2.19. The van der Waals surface area contributed by atoms with Gasteiger partial charge in [0.25, 0.3) is 0 Å². The Balaban J connectivity index is 1.91. The summed E-state index contributed by atoms with van der Waals surface area (Å²) in [6.45, 7) is 7.64. The van der Waals surface area contributed by atoms with Gasteiger partial charge in [0.05, 0.1) is 0 Å². The lowest BCUT2D eigenvalue weighted by atomic mass is 9.89. The zero-order chi connectivity index (χ0) is 11.6. The summed E-state index contributed by atoms with van der Waals surface area (Å²) >= 11 is 0. The molecule has 0 aromatic rings. The lowest BCUT2D eigenvalue weighted by molar-refractivity contribution is 0.0423. The Bertz CT molecular complexity index is 225. The molecular formula is C12H26N4. The molecule has 2 rings (SSSR count). The third-order valence-electron chi connectivity index (χ3n) is 4.45. The molecular weight excluding hydrogens is 200 g/mol. The van der Waals surface area contributed by atoms with Crippen molar-refractivity contribution in [3.63, 3.8) is 0 Å². The molecule has 2 aliphatic rings. The zero-order valence-electron chi connectivity index (χ0n) is 10.7. The van der Waals surface area contributed by atoms with Crippen LogP contribution in [0.5, 0.6) is 0 Å². The Kier molecular flexibility index (Phi) is 3.85. The van der Waals surface area contributed by atoms with Crippen molar-refractivity contribution in [1.29, 1.82) is 0 Å². The highest BCUT2D eigenvalue weighted by atomic mass is 15.5. The van der Waals surface area contributed by atoms with Crippen LogP contribution in [0.4, 0.5) is 0 Å². The largest absolute Gasteiger partial charge is 0.329 e. The number of hydrogen-bond acceptors (Lipinski definition) is 4. The van der Waals surface area contributed by atoms with E-state index in [0.717, 1.165) is 32.7 Å². The van der Waals surface area contributed by atoms with Crippen LogP contribution < -0.4 is 11.2 Å². The van der Waals surface area contributed by atoms with Crippen molar-refractivity contribution in [1.82, 2.24) is 15.3 Å². The lowest BCUT2D eigenvalue weighted by Crippen LogP contribution is -2.63. The van der Waals surface area contributed by atoms with E-state index in [1.807, 2.05) is 0 Å². The maximum atomic E-state index is 6.00. The summed E-state index contributed by atoms with van der Waals surface area (Å²) in [5, 5.41) is 2.38. The van der Waals surface area contributed by atoms with E-state index in [1.165, 1.54) is 19.3 Å². The number of hydrogen-bond donors (Lipinski definition) is 2. The van der Waals surface area contributed by atoms with Crippen LogP contribution in [0, 0.1) is 5.92 Å². The highest BCUT2D eigenvalue weighted by Crippen LogP contribution is 2.34. The van der Waals surface area contributed by atoms with Gasteiger partial charge in [0, 0.05) is 38.3 Å². The fourth-order valence-corrected chi connectivity index (χ4v) is 2.99. The molecule has 2 unspecified atom stereocenters. The predicted octanol–water partition coefficient (Wildman–Crippen LogP) is 0.256. The average Bonchev–Trinajstić information content (AvgIpc) is 2.64. The van der Waals surface area contributed by atoms with Crippen LogP contribution in [0.1, 0.15) is 26.2 Å². The van der Waals surface area contributed by atoms with Gasteiger partial charge in [-0.05, 0) is 25.8 Å². The molecule has 1 aliphatic carbocycles. The Morgan fingerprint density at radius 2 is 2.00 bits per heavy atom. The maximum absolute atomic E-state index is 6.00. The minimum absolute atomic E-state index is 0.176. The number of nitrogens with zero attached hydrogens (tertiary/aromatic N) is 2. The number of hydrazine groups is 1. The molecule has 1 aliphatic heterocycles. The summed E-state index contributed by atoms with van der Waals surface area (Å²) in [6, 6.07) is 0. The van der Waals surface area contributed by atoms with Crippen molar-refractivity contribution in [2.75, 3.05) is 39.8 Å².